The first-order chi connectivity index (χ1) is 7.87. The fourth-order valence-corrected chi connectivity index (χ4v) is 1.74. The van der Waals surface area contributed by atoms with E-state index < -0.39 is 23.1 Å². The van der Waals surface area contributed by atoms with Crippen molar-refractivity contribution in [3.05, 3.63) is 35.4 Å². The summed E-state index contributed by atoms with van der Waals surface area (Å²) in [7, 11) is 0. The third kappa shape index (κ3) is 3.51. The zero-order chi connectivity index (χ0) is 13.1. The minimum Gasteiger partial charge on any atom is -0.347 e. The number of carbonyl (C=O) groups is 1. The van der Waals surface area contributed by atoms with Gasteiger partial charge in [0.1, 0.15) is 0 Å². The molecule has 2 nitrogen and oxygen atoms in total. The number of hydrogen-bond acceptors (Lipinski definition) is 1. The van der Waals surface area contributed by atoms with E-state index >= 15 is 0 Å². The molecule has 0 saturated carbocycles. The number of hydrogen-bond donors (Lipinski definition) is 1. The van der Waals surface area contributed by atoms with Gasteiger partial charge in [-0.3, -0.25) is 4.79 Å². The molecule has 0 aliphatic heterocycles. The molecule has 0 saturated heterocycles. The van der Waals surface area contributed by atoms with Crippen LogP contribution in [0.4, 0.5) is 8.78 Å². The molecule has 0 aliphatic carbocycles. The Kier molecular flexibility index (Phi) is 4.21. The lowest BCUT2D eigenvalue weighted by Crippen LogP contribution is -2.43. The first-order valence-corrected chi connectivity index (χ1v) is 5.64. The SMILES string of the molecule is CCCC(C)(C)NC(=O)c1cccc(F)c1F. The largest absolute Gasteiger partial charge is 0.347 e. The number of rotatable bonds is 4. The van der Waals surface area contributed by atoms with Crippen molar-refractivity contribution in [1.82, 2.24) is 5.32 Å². The average molecular weight is 241 g/mol. The van der Waals surface area contributed by atoms with E-state index in [0.717, 1.165) is 18.9 Å². The van der Waals surface area contributed by atoms with Crippen LogP contribution in [-0.4, -0.2) is 11.4 Å². The predicted molar refractivity (Wildman–Crippen MR) is 62.8 cm³/mol. The van der Waals surface area contributed by atoms with Crippen molar-refractivity contribution in [3.8, 4) is 0 Å². The lowest BCUT2D eigenvalue weighted by atomic mass is 9.98. The second-order valence-corrected chi connectivity index (χ2v) is 4.69. The van der Waals surface area contributed by atoms with Gasteiger partial charge in [0, 0.05) is 5.54 Å². The van der Waals surface area contributed by atoms with E-state index in [1.165, 1.54) is 12.1 Å². The molecule has 1 rings (SSSR count). The molecule has 0 aliphatic rings. The van der Waals surface area contributed by atoms with Gasteiger partial charge in [-0.15, -0.1) is 0 Å². The molecule has 1 aromatic rings. The normalized spacial score (nSPS) is 11.4. The lowest BCUT2D eigenvalue weighted by molar-refractivity contribution is 0.0904. The van der Waals surface area contributed by atoms with Crippen LogP contribution in [0.25, 0.3) is 0 Å². The van der Waals surface area contributed by atoms with Gasteiger partial charge in [-0.1, -0.05) is 19.4 Å². The van der Waals surface area contributed by atoms with Gasteiger partial charge in [0.05, 0.1) is 5.56 Å². The summed E-state index contributed by atoms with van der Waals surface area (Å²) in [6, 6.07) is 3.58. The van der Waals surface area contributed by atoms with Crippen molar-refractivity contribution >= 4 is 5.91 Å². The molecular weight excluding hydrogens is 224 g/mol. The molecule has 0 spiro atoms. The van der Waals surface area contributed by atoms with Crippen LogP contribution in [-0.2, 0) is 0 Å². The van der Waals surface area contributed by atoms with Gasteiger partial charge in [0.15, 0.2) is 11.6 Å². The molecule has 0 aromatic heterocycles. The summed E-state index contributed by atoms with van der Waals surface area (Å²) in [6.07, 6.45) is 1.68. The Morgan fingerprint density at radius 3 is 2.59 bits per heavy atom. The molecule has 17 heavy (non-hydrogen) atoms. The van der Waals surface area contributed by atoms with Crippen molar-refractivity contribution in [2.75, 3.05) is 0 Å². The van der Waals surface area contributed by atoms with E-state index in [1.807, 2.05) is 20.8 Å². The summed E-state index contributed by atoms with van der Waals surface area (Å²) in [5.74, 6) is -2.69. The van der Waals surface area contributed by atoms with Crippen molar-refractivity contribution in [2.45, 2.75) is 39.2 Å². The number of halogens is 2. The van der Waals surface area contributed by atoms with Gasteiger partial charge in [-0.25, -0.2) is 8.78 Å². The van der Waals surface area contributed by atoms with E-state index in [4.69, 9.17) is 0 Å². The highest BCUT2D eigenvalue weighted by atomic mass is 19.2. The summed E-state index contributed by atoms with van der Waals surface area (Å²) in [5.41, 5.74) is -0.681. The Labute approximate surface area is 100 Å². The summed E-state index contributed by atoms with van der Waals surface area (Å²) >= 11 is 0. The first-order valence-electron chi connectivity index (χ1n) is 5.64. The van der Waals surface area contributed by atoms with Crippen molar-refractivity contribution in [3.63, 3.8) is 0 Å². The molecule has 94 valence electrons. The number of nitrogens with one attached hydrogen (secondary N) is 1. The highest BCUT2D eigenvalue weighted by Crippen LogP contribution is 2.15. The van der Waals surface area contributed by atoms with Crippen LogP contribution in [0.2, 0.25) is 0 Å². The maximum absolute atomic E-state index is 13.4. The Morgan fingerprint density at radius 1 is 1.35 bits per heavy atom. The summed E-state index contributed by atoms with van der Waals surface area (Å²) in [6.45, 7) is 5.70. The number of amides is 1. The van der Waals surface area contributed by atoms with Crippen molar-refractivity contribution in [2.24, 2.45) is 0 Å². The van der Waals surface area contributed by atoms with E-state index in [-0.39, 0.29) is 5.56 Å². The summed E-state index contributed by atoms with van der Waals surface area (Å²) < 4.78 is 26.3. The van der Waals surface area contributed by atoms with Gasteiger partial charge in [0.2, 0.25) is 0 Å². The van der Waals surface area contributed by atoms with Crippen LogP contribution in [0.3, 0.4) is 0 Å². The van der Waals surface area contributed by atoms with Gasteiger partial charge < -0.3 is 5.32 Å². The number of carbonyl (C=O) groups excluding carboxylic acids is 1. The van der Waals surface area contributed by atoms with E-state index in [0.29, 0.717) is 0 Å². The monoisotopic (exact) mass is 241 g/mol. The first kappa shape index (κ1) is 13.6. The lowest BCUT2D eigenvalue weighted by Gasteiger charge is -2.25. The zero-order valence-electron chi connectivity index (χ0n) is 10.3. The van der Waals surface area contributed by atoms with E-state index in [1.54, 1.807) is 0 Å². The Morgan fingerprint density at radius 2 is 2.00 bits per heavy atom. The van der Waals surface area contributed by atoms with Gasteiger partial charge in [-0.05, 0) is 32.4 Å². The van der Waals surface area contributed by atoms with Crippen LogP contribution in [0.5, 0.6) is 0 Å². The molecule has 0 heterocycles. The Balaban J connectivity index is 2.87. The smallest absolute Gasteiger partial charge is 0.254 e. The molecule has 1 amide bonds. The van der Waals surface area contributed by atoms with Crippen molar-refractivity contribution < 1.29 is 13.6 Å². The van der Waals surface area contributed by atoms with E-state index in [2.05, 4.69) is 5.32 Å². The third-order valence-electron chi connectivity index (χ3n) is 2.52. The van der Waals surface area contributed by atoms with Crippen LogP contribution in [0, 0.1) is 11.6 Å². The highest BCUT2D eigenvalue weighted by molar-refractivity contribution is 5.94. The quantitative estimate of drug-likeness (QED) is 0.861. The Hall–Kier alpha value is -1.45. The standard InChI is InChI=1S/C13H17F2NO/c1-4-8-13(2,3)16-12(17)9-6-5-7-10(14)11(9)15/h5-7H,4,8H2,1-3H3,(H,16,17). The second-order valence-electron chi connectivity index (χ2n) is 4.69. The minimum absolute atomic E-state index is 0.255. The fourth-order valence-electron chi connectivity index (χ4n) is 1.74. The summed E-state index contributed by atoms with van der Waals surface area (Å²) in [4.78, 5) is 11.8. The van der Waals surface area contributed by atoms with Crippen LogP contribution < -0.4 is 5.32 Å². The van der Waals surface area contributed by atoms with Crippen LogP contribution in [0.1, 0.15) is 44.0 Å². The Bertz CT molecular complexity index is 416. The molecule has 0 radical (unpaired) electrons. The second kappa shape index (κ2) is 5.25. The van der Waals surface area contributed by atoms with Gasteiger partial charge in [-0.2, -0.15) is 0 Å². The maximum Gasteiger partial charge on any atom is 0.254 e. The minimum atomic E-state index is -1.10. The highest BCUT2D eigenvalue weighted by Gasteiger charge is 2.22. The van der Waals surface area contributed by atoms with Crippen LogP contribution >= 0.6 is 0 Å². The molecule has 4 heteroatoms. The zero-order valence-corrected chi connectivity index (χ0v) is 10.3. The maximum atomic E-state index is 13.4. The molecular formula is C13H17F2NO. The molecule has 0 bridgehead atoms. The summed E-state index contributed by atoms with van der Waals surface area (Å²) in [5, 5.41) is 2.70. The predicted octanol–water partition coefficient (Wildman–Crippen LogP) is 3.27. The van der Waals surface area contributed by atoms with Crippen LogP contribution in [0.15, 0.2) is 18.2 Å². The fraction of sp³-hybridized carbons (Fsp3) is 0.462. The van der Waals surface area contributed by atoms with Gasteiger partial charge in [0.25, 0.3) is 5.91 Å². The van der Waals surface area contributed by atoms with E-state index in [9.17, 15) is 13.6 Å². The molecule has 1 N–H and O–H groups in total. The number of benzene rings is 1. The molecule has 1 aromatic carbocycles. The third-order valence-corrected chi connectivity index (χ3v) is 2.52. The molecule has 0 unspecified atom stereocenters. The molecule has 0 fully saturated rings. The van der Waals surface area contributed by atoms with Crippen molar-refractivity contribution in [1.29, 1.82) is 0 Å². The average Bonchev–Trinajstić information content (AvgIpc) is 2.21. The van der Waals surface area contributed by atoms with Gasteiger partial charge >= 0.3 is 0 Å². The topological polar surface area (TPSA) is 29.1 Å². The molecule has 0 atom stereocenters.